The molecule has 0 aliphatic heterocycles. The lowest BCUT2D eigenvalue weighted by molar-refractivity contribution is 0.407. The SMILES string of the molecule is Cc1sc(CN)cc1S(=O)(=O)NCC(C)(C)C. The fourth-order valence-corrected chi connectivity index (χ4v) is 4.08. The minimum Gasteiger partial charge on any atom is -0.326 e. The van der Waals surface area contributed by atoms with Crippen LogP contribution in [0.25, 0.3) is 0 Å². The van der Waals surface area contributed by atoms with Gasteiger partial charge in [-0.15, -0.1) is 11.3 Å². The van der Waals surface area contributed by atoms with Crippen molar-refractivity contribution in [2.24, 2.45) is 11.1 Å². The van der Waals surface area contributed by atoms with E-state index in [1.165, 1.54) is 11.3 Å². The quantitative estimate of drug-likeness (QED) is 0.881. The molecule has 0 saturated heterocycles. The molecule has 0 bridgehead atoms. The van der Waals surface area contributed by atoms with Crippen LogP contribution in [0.15, 0.2) is 11.0 Å². The standard InChI is InChI=1S/C11H20N2O2S2/c1-8-10(5-9(6-12)16-8)17(14,15)13-7-11(2,3)4/h5,13H,6-7,12H2,1-4H3. The van der Waals surface area contributed by atoms with Crippen LogP contribution < -0.4 is 10.5 Å². The number of nitrogens with two attached hydrogens (primary N) is 1. The van der Waals surface area contributed by atoms with Gasteiger partial charge in [-0.2, -0.15) is 0 Å². The highest BCUT2D eigenvalue weighted by atomic mass is 32.2. The Balaban J connectivity index is 2.93. The van der Waals surface area contributed by atoms with E-state index in [2.05, 4.69) is 4.72 Å². The van der Waals surface area contributed by atoms with Crippen molar-refractivity contribution in [2.45, 2.75) is 39.1 Å². The van der Waals surface area contributed by atoms with Crippen molar-refractivity contribution >= 4 is 21.4 Å². The molecule has 0 unspecified atom stereocenters. The maximum absolute atomic E-state index is 12.1. The van der Waals surface area contributed by atoms with Gasteiger partial charge in [0.15, 0.2) is 0 Å². The summed E-state index contributed by atoms with van der Waals surface area (Å²) in [6.45, 7) is 8.56. The number of thiophene rings is 1. The third kappa shape index (κ3) is 4.06. The summed E-state index contributed by atoms with van der Waals surface area (Å²) in [7, 11) is -3.41. The molecule has 1 rings (SSSR count). The number of rotatable bonds is 4. The van der Waals surface area contributed by atoms with Crippen LogP contribution >= 0.6 is 11.3 Å². The van der Waals surface area contributed by atoms with Crippen molar-refractivity contribution in [2.75, 3.05) is 6.54 Å². The van der Waals surface area contributed by atoms with Gasteiger partial charge in [0.25, 0.3) is 0 Å². The molecule has 0 spiro atoms. The molecule has 0 atom stereocenters. The summed E-state index contributed by atoms with van der Waals surface area (Å²) in [4.78, 5) is 2.03. The van der Waals surface area contributed by atoms with Crippen LogP contribution in [-0.2, 0) is 16.6 Å². The van der Waals surface area contributed by atoms with Gasteiger partial charge in [-0.05, 0) is 18.4 Å². The first-order valence-electron chi connectivity index (χ1n) is 5.45. The third-order valence-corrected chi connectivity index (χ3v) is 4.94. The summed E-state index contributed by atoms with van der Waals surface area (Å²) in [5.74, 6) is 0. The maximum Gasteiger partial charge on any atom is 0.241 e. The second-order valence-corrected chi connectivity index (χ2v) is 8.30. The Morgan fingerprint density at radius 2 is 2.00 bits per heavy atom. The van der Waals surface area contributed by atoms with E-state index < -0.39 is 10.0 Å². The van der Waals surface area contributed by atoms with Crippen LogP contribution in [0, 0.1) is 12.3 Å². The molecule has 17 heavy (non-hydrogen) atoms. The molecule has 0 fully saturated rings. The number of sulfonamides is 1. The van der Waals surface area contributed by atoms with Gasteiger partial charge in [0.2, 0.25) is 10.0 Å². The number of aryl methyl sites for hydroxylation is 1. The fourth-order valence-electron chi connectivity index (χ4n) is 1.28. The molecule has 1 aromatic rings. The summed E-state index contributed by atoms with van der Waals surface area (Å²) in [5.41, 5.74) is 5.44. The van der Waals surface area contributed by atoms with Crippen molar-refractivity contribution < 1.29 is 8.42 Å². The van der Waals surface area contributed by atoms with E-state index in [9.17, 15) is 8.42 Å². The maximum atomic E-state index is 12.1. The summed E-state index contributed by atoms with van der Waals surface area (Å²) < 4.78 is 26.8. The van der Waals surface area contributed by atoms with Crippen molar-refractivity contribution in [3.8, 4) is 0 Å². The van der Waals surface area contributed by atoms with E-state index in [1.807, 2.05) is 20.8 Å². The van der Waals surface area contributed by atoms with Gasteiger partial charge in [-0.25, -0.2) is 13.1 Å². The Kier molecular flexibility index (Phi) is 4.35. The fraction of sp³-hybridized carbons (Fsp3) is 0.636. The van der Waals surface area contributed by atoms with Gasteiger partial charge in [-0.1, -0.05) is 20.8 Å². The van der Waals surface area contributed by atoms with E-state index >= 15 is 0 Å². The first-order valence-corrected chi connectivity index (χ1v) is 7.75. The molecule has 0 radical (unpaired) electrons. The summed E-state index contributed by atoms with van der Waals surface area (Å²) in [6, 6.07) is 1.66. The highest BCUT2D eigenvalue weighted by Gasteiger charge is 2.21. The summed E-state index contributed by atoms with van der Waals surface area (Å²) in [6.07, 6.45) is 0. The van der Waals surface area contributed by atoms with Crippen LogP contribution in [0.1, 0.15) is 30.5 Å². The van der Waals surface area contributed by atoms with E-state index in [1.54, 1.807) is 13.0 Å². The molecule has 1 aromatic heterocycles. The lowest BCUT2D eigenvalue weighted by atomic mass is 9.98. The molecule has 0 saturated carbocycles. The van der Waals surface area contributed by atoms with Gasteiger partial charge in [0.05, 0.1) is 4.90 Å². The highest BCUT2D eigenvalue weighted by molar-refractivity contribution is 7.89. The van der Waals surface area contributed by atoms with Gasteiger partial charge >= 0.3 is 0 Å². The zero-order valence-electron chi connectivity index (χ0n) is 10.7. The second-order valence-electron chi connectivity index (χ2n) is 5.22. The van der Waals surface area contributed by atoms with Crippen molar-refractivity contribution in [3.63, 3.8) is 0 Å². The smallest absolute Gasteiger partial charge is 0.241 e. The molecule has 98 valence electrons. The lowest BCUT2D eigenvalue weighted by Gasteiger charge is -2.18. The molecule has 3 N–H and O–H groups in total. The number of hydrogen-bond donors (Lipinski definition) is 2. The summed E-state index contributed by atoms with van der Waals surface area (Å²) >= 11 is 1.43. The Labute approximate surface area is 107 Å². The van der Waals surface area contributed by atoms with E-state index in [0.29, 0.717) is 18.0 Å². The zero-order chi connectivity index (χ0) is 13.3. The molecular weight excluding hydrogens is 256 g/mol. The van der Waals surface area contributed by atoms with Crippen molar-refractivity contribution in [1.82, 2.24) is 4.72 Å². The molecule has 0 aliphatic rings. The van der Waals surface area contributed by atoms with E-state index in [-0.39, 0.29) is 5.41 Å². The van der Waals surface area contributed by atoms with Gasteiger partial charge in [0, 0.05) is 22.8 Å². The Morgan fingerprint density at radius 1 is 1.41 bits per heavy atom. The van der Waals surface area contributed by atoms with Crippen molar-refractivity contribution in [3.05, 3.63) is 15.8 Å². The van der Waals surface area contributed by atoms with E-state index in [0.717, 1.165) is 9.75 Å². The zero-order valence-corrected chi connectivity index (χ0v) is 12.3. The Morgan fingerprint density at radius 3 is 2.41 bits per heavy atom. The first kappa shape index (κ1) is 14.6. The highest BCUT2D eigenvalue weighted by Crippen LogP contribution is 2.25. The first-order chi connectivity index (χ1) is 7.65. The Bertz CT molecular complexity index is 484. The van der Waals surface area contributed by atoms with Crippen LogP contribution in [0.5, 0.6) is 0 Å². The predicted molar refractivity (Wildman–Crippen MR) is 71.6 cm³/mol. The predicted octanol–water partition coefficient (Wildman–Crippen LogP) is 1.84. The topological polar surface area (TPSA) is 72.2 Å². The molecule has 0 aromatic carbocycles. The lowest BCUT2D eigenvalue weighted by Crippen LogP contribution is -2.32. The largest absolute Gasteiger partial charge is 0.326 e. The van der Waals surface area contributed by atoms with Crippen LogP contribution in [0.3, 0.4) is 0 Å². The van der Waals surface area contributed by atoms with Crippen LogP contribution in [0.4, 0.5) is 0 Å². The van der Waals surface area contributed by atoms with Crippen LogP contribution in [0.2, 0.25) is 0 Å². The monoisotopic (exact) mass is 276 g/mol. The molecule has 0 amide bonds. The third-order valence-electron chi connectivity index (χ3n) is 2.21. The molecule has 6 heteroatoms. The number of hydrogen-bond acceptors (Lipinski definition) is 4. The van der Waals surface area contributed by atoms with Crippen LogP contribution in [-0.4, -0.2) is 15.0 Å². The minimum absolute atomic E-state index is 0.0757. The van der Waals surface area contributed by atoms with Crippen molar-refractivity contribution in [1.29, 1.82) is 0 Å². The van der Waals surface area contributed by atoms with Gasteiger partial charge < -0.3 is 5.73 Å². The minimum atomic E-state index is -3.41. The molecule has 0 aliphatic carbocycles. The Hall–Kier alpha value is -0.430. The average Bonchev–Trinajstić information content (AvgIpc) is 2.57. The average molecular weight is 276 g/mol. The van der Waals surface area contributed by atoms with Gasteiger partial charge in [-0.3, -0.25) is 0 Å². The number of nitrogens with one attached hydrogen (secondary N) is 1. The summed E-state index contributed by atoms with van der Waals surface area (Å²) in [5, 5.41) is 0. The molecule has 1 heterocycles. The van der Waals surface area contributed by atoms with E-state index in [4.69, 9.17) is 5.73 Å². The van der Waals surface area contributed by atoms with Gasteiger partial charge in [0.1, 0.15) is 0 Å². The molecule has 4 nitrogen and oxygen atoms in total. The second kappa shape index (κ2) is 5.06. The normalized spacial score (nSPS) is 13.0. The molecular formula is C11H20N2O2S2.